The Labute approximate surface area is 106 Å². The number of hydrogen-bond acceptors (Lipinski definition) is 4. The third kappa shape index (κ3) is 4.73. The lowest BCUT2D eigenvalue weighted by Crippen LogP contribution is -2.25. The Morgan fingerprint density at radius 2 is 1.94 bits per heavy atom. The molecule has 0 saturated heterocycles. The molecule has 0 heterocycles. The molecule has 0 spiro atoms. The minimum absolute atomic E-state index is 0.192. The summed E-state index contributed by atoms with van der Waals surface area (Å²) >= 11 is 0. The molecule has 100 valence electrons. The van der Waals surface area contributed by atoms with Gasteiger partial charge in [0.15, 0.2) is 6.29 Å². The average Bonchev–Trinajstić information content (AvgIpc) is 2.37. The van der Waals surface area contributed by atoms with Crippen molar-refractivity contribution in [1.29, 1.82) is 0 Å². The highest BCUT2D eigenvalue weighted by Gasteiger charge is 2.10. The lowest BCUT2D eigenvalue weighted by atomic mass is 10.2. The number of ether oxygens (including phenoxy) is 3. The minimum atomic E-state index is -0.980. The Balaban J connectivity index is 2.55. The van der Waals surface area contributed by atoms with Crippen LogP contribution in [0.4, 0.5) is 0 Å². The van der Waals surface area contributed by atoms with Gasteiger partial charge in [-0.05, 0) is 32.0 Å². The van der Waals surface area contributed by atoms with Crippen molar-refractivity contribution in [2.45, 2.75) is 20.1 Å². The van der Waals surface area contributed by atoms with Crippen molar-refractivity contribution in [2.75, 3.05) is 19.8 Å². The predicted molar refractivity (Wildman–Crippen MR) is 65.9 cm³/mol. The summed E-state index contributed by atoms with van der Waals surface area (Å²) < 4.78 is 16.1. The summed E-state index contributed by atoms with van der Waals surface area (Å²) in [6.45, 7) is 5.03. The maximum absolute atomic E-state index is 10.8. The molecule has 0 bridgehead atoms. The van der Waals surface area contributed by atoms with E-state index in [0.717, 1.165) is 0 Å². The van der Waals surface area contributed by atoms with E-state index in [1.807, 2.05) is 13.8 Å². The standard InChI is InChI=1S/C13H18O5/c1-3-16-12(17-4-2)9-18-11-7-5-6-10(8-11)13(14)15/h5-8,12H,3-4,9H2,1-2H3,(H,14,15). The van der Waals surface area contributed by atoms with Crippen molar-refractivity contribution < 1.29 is 24.1 Å². The summed E-state index contributed by atoms with van der Waals surface area (Å²) in [4.78, 5) is 10.8. The largest absolute Gasteiger partial charge is 0.488 e. The van der Waals surface area contributed by atoms with Gasteiger partial charge in [-0.1, -0.05) is 6.07 Å². The third-order valence-corrected chi connectivity index (χ3v) is 2.17. The quantitative estimate of drug-likeness (QED) is 0.720. The van der Waals surface area contributed by atoms with Gasteiger partial charge in [0, 0.05) is 13.2 Å². The third-order valence-electron chi connectivity index (χ3n) is 2.17. The molecule has 18 heavy (non-hydrogen) atoms. The maximum atomic E-state index is 10.8. The Kier molecular flexibility index (Phi) is 6.18. The Bertz CT molecular complexity index is 371. The molecule has 1 aromatic carbocycles. The molecule has 5 heteroatoms. The number of rotatable bonds is 8. The van der Waals surface area contributed by atoms with E-state index >= 15 is 0 Å². The minimum Gasteiger partial charge on any atom is -0.488 e. The number of benzene rings is 1. The fraction of sp³-hybridized carbons (Fsp3) is 0.462. The number of hydrogen-bond donors (Lipinski definition) is 1. The van der Waals surface area contributed by atoms with E-state index in [9.17, 15) is 4.79 Å². The van der Waals surface area contributed by atoms with Crippen molar-refractivity contribution in [3.8, 4) is 5.75 Å². The molecule has 0 amide bonds. The molecule has 1 aromatic rings. The molecular formula is C13H18O5. The summed E-state index contributed by atoms with van der Waals surface area (Å²) in [5, 5.41) is 8.85. The van der Waals surface area contributed by atoms with Crippen LogP contribution in [0.25, 0.3) is 0 Å². The van der Waals surface area contributed by atoms with Gasteiger partial charge in [-0.2, -0.15) is 0 Å². The van der Waals surface area contributed by atoms with Gasteiger partial charge >= 0.3 is 5.97 Å². The van der Waals surface area contributed by atoms with Crippen molar-refractivity contribution in [2.24, 2.45) is 0 Å². The first-order valence-electron chi connectivity index (χ1n) is 5.86. The Morgan fingerprint density at radius 3 is 2.50 bits per heavy atom. The van der Waals surface area contributed by atoms with Crippen LogP contribution in [0.1, 0.15) is 24.2 Å². The number of aromatic carboxylic acids is 1. The molecule has 0 unspecified atom stereocenters. The van der Waals surface area contributed by atoms with Gasteiger partial charge in [0.05, 0.1) is 5.56 Å². The Morgan fingerprint density at radius 1 is 1.28 bits per heavy atom. The van der Waals surface area contributed by atoms with Crippen LogP contribution in [0.2, 0.25) is 0 Å². The second kappa shape index (κ2) is 7.68. The molecular weight excluding hydrogens is 236 g/mol. The molecule has 5 nitrogen and oxygen atoms in total. The summed E-state index contributed by atoms with van der Waals surface area (Å²) in [6.07, 6.45) is -0.437. The SMILES string of the molecule is CCOC(COc1cccc(C(=O)O)c1)OCC. The lowest BCUT2D eigenvalue weighted by Gasteiger charge is -2.17. The zero-order valence-corrected chi connectivity index (χ0v) is 10.6. The molecule has 0 aliphatic rings. The molecule has 0 aliphatic heterocycles. The maximum Gasteiger partial charge on any atom is 0.335 e. The van der Waals surface area contributed by atoms with E-state index < -0.39 is 12.3 Å². The Hall–Kier alpha value is -1.59. The summed E-state index contributed by atoms with van der Waals surface area (Å²) in [5.74, 6) is -0.495. The lowest BCUT2D eigenvalue weighted by molar-refractivity contribution is -0.152. The van der Waals surface area contributed by atoms with Crippen molar-refractivity contribution in [3.05, 3.63) is 29.8 Å². The monoisotopic (exact) mass is 254 g/mol. The highest BCUT2D eigenvalue weighted by molar-refractivity contribution is 5.87. The molecule has 0 aliphatic carbocycles. The van der Waals surface area contributed by atoms with Gasteiger partial charge in [0.25, 0.3) is 0 Å². The van der Waals surface area contributed by atoms with Gasteiger partial charge in [-0.3, -0.25) is 0 Å². The van der Waals surface area contributed by atoms with E-state index in [2.05, 4.69) is 0 Å². The van der Waals surface area contributed by atoms with Crippen LogP contribution in [-0.2, 0) is 9.47 Å². The molecule has 0 saturated carbocycles. The van der Waals surface area contributed by atoms with E-state index in [0.29, 0.717) is 19.0 Å². The first-order valence-corrected chi connectivity index (χ1v) is 5.86. The highest BCUT2D eigenvalue weighted by atomic mass is 16.7. The van der Waals surface area contributed by atoms with Crippen LogP contribution in [0.15, 0.2) is 24.3 Å². The van der Waals surface area contributed by atoms with Crippen LogP contribution in [-0.4, -0.2) is 37.2 Å². The second-order valence-corrected chi connectivity index (χ2v) is 3.48. The molecule has 1 rings (SSSR count). The van der Waals surface area contributed by atoms with Gasteiger partial charge in [0.1, 0.15) is 12.4 Å². The second-order valence-electron chi connectivity index (χ2n) is 3.48. The average molecular weight is 254 g/mol. The van der Waals surface area contributed by atoms with Crippen LogP contribution >= 0.6 is 0 Å². The normalized spacial score (nSPS) is 10.6. The molecule has 0 radical (unpaired) electrons. The molecule has 0 aromatic heterocycles. The zero-order chi connectivity index (χ0) is 13.4. The van der Waals surface area contributed by atoms with E-state index in [1.54, 1.807) is 12.1 Å². The van der Waals surface area contributed by atoms with E-state index in [4.69, 9.17) is 19.3 Å². The fourth-order valence-corrected chi connectivity index (χ4v) is 1.40. The summed E-state index contributed by atoms with van der Waals surface area (Å²) in [5.41, 5.74) is 0.192. The zero-order valence-electron chi connectivity index (χ0n) is 10.6. The van der Waals surface area contributed by atoms with Crippen molar-refractivity contribution in [1.82, 2.24) is 0 Å². The molecule has 1 N–H and O–H groups in total. The molecule has 0 fully saturated rings. The smallest absolute Gasteiger partial charge is 0.335 e. The van der Waals surface area contributed by atoms with Crippen LogP contribution in [0.5, 0.6) is 5.75 Å². The van der Waals surface area contributed by atoms with Gasteiger partial charge in [-0.25, -0.2) is 4.79 Å². The topological polar surface area (TPSA) is 65.0 Å². The highest BCUT2D eigenvalue weighted by Crippen LogP contribution is 2.14. The van der Waals surface area contributed by atoms with E-state index in [1.165, 1.54) is 12.1 Å². The van der Waals surface area contributed by atoms with Crippen molar-refractivity contribution >= 4 is 5.97 Å². The van der Waals surface area contributed by atoms with Crippen LogP contribution < -0.4 is 4.74 Å². The number of carboxylic acids is 1. The van der Waals surface area contributed by atoms with Gasteiger partial charge in [-0.15, -0.1) is 0 Å². The number of carbonyl (C=O) groups is 1. The first-order chi connectivity index (χ1) is 8.67. The predicted octanol–water partition coefficient (Wildman–Crippen LogP) is 2.16. The van der Waals surface area contributed by atoms with Crippen LogP contribution in [0, 0.1) is 0 Å². The summed E-state index contributed by atoms with van der Waals surface area (Å²) in [6, 6.07) is 6.31. The van der Waals surface area contributed by atoms with Gasteiger partial charge in [0.2, 0.25) is 0 Å². The first kappa shape index (κ1) is 14.5. The van der Waals surface area contributed by atoms with Gasteiger partial charge < -0.3 is 19.3 Å². The summed E-state index contributed by atoms with van der Waals surface area (Å²) in [7, 11) is 0. The number of carboxylic acid groups (broad SMARTS) is 1. The molecule has 0 atom stereocenters. The van der Waals surface area contributed by atoms with E-state index in [-0.39, 0.29) is 12.2 Å². The van der Waals surface area contributed by atoms with Crippen LogP contribution in [0.3, 0.4) is 0 Å². The fourth-order valence-electron chi connectivity index (χ4n) is 1.40. The van der Waals surface area contributed by atoms with Crippen molar-refractivity contribution in [3.63, 3.8) is 0 Å².